The number of carbonyl (C=O) groups is 2. The smallest absolute Gasteiger partial charge is 0.329 e. The number of likely N-dealkylation sites (tertiary alicyclic amines) is 1. The van der Waals surface area contributed by atoms with Gasteiger partial charge >= 0.3 is 5.97 Å². The van der Waals surface area contributed by atoms with Gasteiger partial charge in [0.1, 0.15) is 6.04 Å². The van der Waals surface area contributed by atoms with Gasteiger partial charge in [-0.3, -0.25) is 4.79 Å². The topological polar surface area (TPSA) is 46.6 Å². The third-order valence-electron chi connectivity index (χ3n) is 4.16. The molecule has 0 radical (unpaired) electrons. The molecule has 2 aliphatic rings. The number of rotatable bonds is 5. The summed E-state index contributed by atoms with van der Waals surface area (Å²) in [7, 11) is 0. The zero-order valence-corrected chi connectivity index (χ0v) is 12.5. The molecule has 1 heterocycles. The fraction of sp³-hybridized carbons (Fsp3) is 0.750. The maximum Gasteiger partial charge on any atom is 0.329 e. The van der Waals surface area contributed by atoms with Gasteiger partial charge in [0.05, 0.1) is 6.61 Å². The van der Waals surface area contributed by atoms with Gasteiger partial charge in [-0.25, -0.2) is 4.79 Å². The Hall–Kier alpha value is -1.32. The summed E-state index contributed by atoms with van der Waals surface area (Å²) in [6.07, 6.45) is 8.89. The van der Waals surface area contributed by atoms with E-state index in [1.54, 1.807) is 4.90 Å². The molecule has 1 aliphatic heterocycles. The van der Waals surface area contributed by atoms with Crippen LogP contribution < -0.4 is 0 Å². The van der Waals surface area contributed by atoms with Crippen LogP contribution in [0.4, 0.5) is 0 Å². The van der Waals surface area contributed by atoms with Crippen LogP contribution in [-0.2, 0) is 14.3 Å². The van der Waals surface area contributed by atoms with Gasteiger partial charge in [-0.05, 0) is 37.5 Å². The van der Waals surface area contributed by atoms with Crippen molar-refractivity contribution in [2.24, 2.45) is 11.8 Å². The molecule has 0 aromatic carbocycles. The minimum atomic E-state index is -0.413. The van der Waals surface area contributed by atoms with Gasteiger partial charge in [0, 0.05) is 13.0 Å². The maximum atomic E-state index is 12.3. The third kappa shape index (κ3) is 3.62. The highest BCUT2D eigenvalue weighted by Gasteiger charge is 2.36. The molecule has 2 rings (SSSR count). The van der Waals surface area contributed by atoms with Crippen LogP contribution in [0.2, 0.25) is 0 Å². The summed E-state index contributed by atoms with van der Waals surface area (Å²) < 4.78 is 5.50. The number of esters is 1. The Bertz CT molecular complexity index is 389. The van der Waals surface area contributed by atoms with E-state index in [4.69, 9.17) is 4.74 Å². The standard InChI is InChI=1S/C16H25NO3/c1-12(2)15(17-10-6-9-14(17)18)16(19)20-11-13-7-4-3-5-8-13/h3-4,12-13,15H,5-11H2,1-2H3/t13-,15+/m0/s1. The lowest BCUT2D eigenvalue weighted by Crippen LogP contribution is -2.46. The van der Waals surface area contributed by atoms with E-state index in [2.05, 4.69) is 12.2 Å². The average molecular weight is 279 g/mol. The lowest BCUT2D eigenvalue weighted by molar-refractivity contribution is -0.157. The summed E-state index contributed by atoms with van der Waals surface area (Å²) in [6, 6.07) is -0.413. The lowest BCUT2D eigenvalue weighted by atomic mass is 9.95. The molecule has 0 saturated carbocycles. The van der Waals surface area contributed by atoms with E-state index in [0.717, 1.165) is 25.7 Å². The van der Waals surface area contributed by atoms with E-state index in [9.17, 15) is 9.59 Å². The molecule has 112 valence electrons. The highest BCUT2D eigenvalue weighted by atomic mass is 16.5. The first kappa shape index (κ1) is 15.1. The summed E-state index contributed by atoms with van der Waals surface area (Å²) in [5, 5.41) is 0. The number of hydrogen-bond donors (Lipinski definition) is 0. The zero-order chi connectivity index (χ0) is 14.5. The van der Waals surface area contributed by atoms with Crippen LogP contribution in [0.3, 0.4) is 0 Å². The molecule has 0 unspecified atom stereocenters. The van der Waals surface area contributed by atoms with Crippen LogP contribution in [0.5, 0.6) is 0 Å². The first-order valence-corrected chi connectivity index (χ1v) is 7.70. The van der Waals surface area contributed by atoms with Gasteiger partial charge in [-0.15, -0.1) is 0 Å². The molecular weight excluding hydrogens is 254 g/mol. The van der Waals surface area contributed by atoms with E-state index in [-0.39, 0.29) is 17.8 Å². The number of amides is 1. The number of nitrogens with zero attached hydrogens (tertiary/aromatic N) is 1. The molecule has 4 nitrogen and oxygen atoms in total. The second-order valence-electron chi connectivity index (χ2n) is 6.16. The second-order valence-corrected chi connectivity index (χ2v) is 6.16. The molecule has 20 heavy (non-hydrogen) atoms. The number of carbonyl (C=O) groups excluding carboxylic acids is 2. The van der Waals surface area contributed by atoms with E-state index >= 15 is 0 Å². The highest BCUT2D eigenvalue weighted by Crippen LogP contribution is 2.22. The molecule has 1 aliphatic carbocycles. The Labute approximate surface area is 121 Å². The third-order valence-corrected chi connectivity index (χ3v) is 4.16. The summed E-state index contributed by atoms with van der Waals surface area (Å²) in [6.45, 7) is 5.11. The molecule has 2 atom stereocenters. The minimum absolute atomic E-state index is 0.0845. The van der Waals surface area contributed by atoms with E-state index in [0.29, 0.717) is 25.5 Å². The minimum Gasteiger partial charge on any atom is -0.464 e. The Balaban J connectivity index is 1.90. The van der Waals surface area contributed by atoms with Gasteiger partial charge in [-0.2, -0.15) is 0 Å². The number of hydrogen-bond acceptors (Lipinski definition) is 3. The van der Waals surface area contributed by atoms with Crippen LogP contribution >= 0.6 is 0 Å². The van der Waals surface area contributed by atoms with E-state index < -0.39 is 6.04 Å². The van der Waals surface area contributed by atoms with Crippen LogP contribution in [0, 0.1) is 11.8 Å². The van der Waals surface area contributed by atoms with Gasteiger partial charge in [0.25, 0.3) is 0 Å². The molecule has 1 fully saturated rings. The maximum absolute atomic E-state index is 12.3. The molecular formula is C16H25NO3. The Morgan fingerprint density at radius 1 is 1.45 bits per heavy atom. The van der Waals surface area contributed by atoms with Crippen molar-refractivity contribution < 1.29 is 14.3 Å². The fourth-order valence-electron chi connectivity index (χ4n) is 3.02. The van der Waals surface area contributed by atoms with Crippen molar-refractivity contribution in [3.63, 3.8) is 0 Å². The van der Waals surface area contributed by atoms with Crippen LogP contribution in [0.1, 0.15) is 46.0 Å². The van der Waals surface area contributed by atoms with Crippen LogP contribution in [0.25, 0.3) is 0 Å². The SMILES string of the molecule is CC(C)[C@H](C(=O)OC[C@H]1CC=CCC1)N1CCCC1=O. The molecule has 0 bridgehead atoms. The van der Waals surface area contributed by atoms with Gasteiger partial charge in [-0.1, -0.05) is 26.0 Å². The average Bonchev–Trinajstić information content (AvgIpc) is 2.84. The van der Waals surface area contributed by atoms with Gasteiger partial charge in [0.15, 0.2) is 0 Å². The quantitative estimate of drug-likeness (QED) is 0.574. The molecule has 1 saturated heterocycles. The lowest BCUT2D eigenvalue weighted by Gasteiger charge is -2.29. The Morgan fingerprint density at radius 2 is 2.25 bits per heavy atom. The molecule has 4 heteroatoms. The number of ether oxygens (including phenoxy) is 1. The summed E-state index contributed by atoms with van der Waals surface area (Å²) in [5.41, 5.74) is 0. The molecule has 1 amide bonds. The monoisotopic (exact) mass is 279 g/mol. The number of allylic oxidation sites excluding steroid dienone is 2. The predicted molar refractivity (Wildman–Crippen MR) is 77.0 cm³/mol. The van der Waals surface area contributed by atoms with E-state index in [1.165, 1.54) is 0 Å². The first-order chi connectivity index (χ1) is 9.59. The highest BCUT2D eigenvalue weighted by molar-refractivity contribution is 5.86. The Morgan fingerprint density at radius 3 is 2.80 bits per heavy atom. The van der Waals surface area contributed by atoms with Crippen molar-refractivity contribution >= 4 is 11.9 Å². The van der Waals surface area contributed by atoms with Crippen LogP contribution in [0.15, 0.2) is 12.2 Å². The van der Waals surface area contributed by atoms with Crippen molar-refractivity contribution in [3.8, 4) is 0 Å². The molecule has 0 aromatic rings. The normalized spacial score (nSPS) is 24.2. The van der Waals surface area contributed by atoms with Crippen molar-refractivity contribution in [1.29, 1.82) is 0 Å². The Kier molecular flexibility index (Phi) is 5.21. The predicted octanol–water partition coefficient (Wildman–Crippen LogP) is 2.53. The van der Waals surface area contributed by atoms with Crippen molar-refractivity contribution in [2.45, 2.75) is 52.0 Å². The van der Waals surface area contributed by atoms with Crippen molar-refractivity contribution in [2.75, 3.05) is 13.2 Å². The first-order valence-electron chi connectivity index (χ1n) is 7.70. The second kappa shape index (κ2) is 6.91. The van der Waals surface area contributed by atoms with E-state index in [1.807, 2.05) is 13.8 Å². The van der Waals surface area contributed by atoms with Gasteiger partial charge < -0.3 is 9.64 Å². The van der Waals surface area contributed by atoms with Gasteiger partial charge in [0.2, 0.25) is 5.91 Å². The molecule has 0 spiro atoms. The summed E-state index contributed by atoms with van der Waals surface area (Å²) >= 11 is 0. The summed E-state index contributed by atoms with van der Waals surface area (Å²) in [4.78, 5) is 25.9. The van der Waals surface area contributed by atoms with Crippen molar-refractivity contribution in [3.05, 3.63) is 12.2 Å². The summed E-state index contributed by atoms with van der Waals surface area (Å²) in [5.74, 6) is 0.382. The largest absolute Gasteiger partial charge is 0.464 e. The zero-order valence-electron chi connectivity index (χ0n) is 12.5. The molecule has 0 N–H and O–H groups in total. The van der Waals surface area contributed by atoms with Crippen molar-refractivity contribution in [1.82, 2.24) is 4.90 Å². The fourth-order valence-corrected chi connectivity index (χ4v) is 3.02. The molecule has 0 aromatic heterocycles. The van der Waals surface area contributed by atoms with Crippen LogP contribution in [-0.4, -0.2) is 36.0 Å².